The van der Waals surface area contributed by atoms with Crippen molar-refractivity contribution >= 4 is 35.7 Å². The number of carbonyl (C=O) groups excluding carboxylic acids is 2. The van der Waals surface area contributed by atoms with E-state index in [1.165, 1.54) is 0 Å². The number of nitrogens with zero attached hydrogens (tertiary/aromatic N) is 2. The zero-order chi connectivity index (χ0) is 38.2. The third-order valence-corrected chi connectivity index (χ3v) is 8.31. The predicted molar refractivity (Wildman–Crippen MR) is 217 cm³/mol. The SMILES string of the molecule is CCCOc1ccc(C=Nc2ccc(C(=O)Oc3ccc(Cc4ccc(OC(=O)c5ccc(N=Cc6ccc(OCCC)cc6)cc5)cc4)cc3)cc2)cc1. The van der Waals surface area contributed by atoms with Gasteiger partial charge in [0.1, 0.15) is 23.0 Å². The molecule has 0 fully saturated rings. The molecule has 8 heteroatoms. The number of hydrogen-bond acceptors (Lipinski definition) is 8. The molecule has 6 aromatic rings. The van der Waals surface area contributed by atoms with E-state index in [0.717, 1.165) is 58.0 Å². The van der Waals surface area contributed by atoms with Crippen LogP contribution in [0.1, 0.15) is 69.7 Å². The maximum Gasteiger partial charge on any atom is 0.343 e. The second kappa shape index (κ2) is 19.3. The molecular formula is C47H42N2O6. The first-order chi connectivity index (χ1) is 26.9. The van der Waals surface area contributed by atoms with E-state index < -0.39 is 11.9 Å². The fourth-order valence-corrected chi connectivity index (χ4v) is 5.32. The summed E-state index contributed by atoms with van der Waals surface area (Å²) in [6, 6.07) is 44.2. The van der Waals surface area contributed by atoms with Gasteiger partial charge >= 0.3 is 11.9 Å². The molecule has 0 saturated heterocycles. The lowest BCUT2D eigenvalue weighted by Crippen LogP contribution is -2.08. The van der Waals surface area contributed by atoms with Gasteiger partial charge in [-0.2, -0.15) is 0 Å². The van der Waals surface area contributed by atoms with E-state index in [2.05, 4.69) is 23.8 Å². The van der Waals surface area contributed by atoms with Crippen molar-refractivity contribution in [3.05, 3.63) is 179 Å². The summed E-state index contributed by atoms with van der Waals surface area (Å²) in [5, 5.41) is 0. The van der Waals surface area contributed by atoms with Crippen LogP contribution in [0.25, 0.3) is 0 Å². The molecule has 8 nitrogen and oxygen atoms in total. The lowest BCUT2D eigenvalue weighted by molar-refractivity contribution is 0.0725. The molecule has 6 rings (SSSR count). The minimum atomic E-state index is -0.448. The number of carbonyl (C=O) groups is 2. The van der Waals surface area contributed by atoms with Crippen LogP contribution in [0.5, 0.6) is 23.0 Å². The van der Waals surface area contributed by atoms with Crippen molar-refractivity contribution in [3.63, 3.8) is 0 Å². The highest BCUT2D eigenvalue weighted by molar-refractivity contribution is 5.92. The monoisotopic (exact) mass is 730 g/mol. The van der Waals surface area contributed by atoms with Gasteiger partial charge in [-0.1, -0.05) is 38.1 Å². The summed E-state index contributed by atoms with van der Waals surface area (Å²) in [5.74, 6) is 1.68. The molecule has 0 saturated carbocycles. The van der Waals surface area contributed by atoms with E-state index in [9.17, 15) is 9.59 Å². The van der Waals surface area contributed by atoms with Crippen LogP contribution in [0, 0.1) is 0 Å². The molecule has 276 valence electrons. The first-order valence-corrected chi connectivity index (χ1v) is 18.3. The molecule has 0 aliphatic carbocycles. The van der Waals surface area contributed by atoms with Gasteiger partial charge in [-0.25, -0.2) is 9.59 Å². The molecule has 6 aromatic carbocycles. The lowest BCUT2D eigenvalue weighted by Gasteiger charge is -2.08. The van der Waals surface area contributed by atoms with E-state index in [1.54, 1.807) is 85.2 Å². The van der Waals surface area contributed by atoms with Crippen molar-refractivity contribution in [2.75, 3.05) is 13.2 Å². The predicted octanol–water partition coefficient (Wildman–Crippen LogP) is 10.8. The van der Waals surface area contributed by atoms with Gasteiger partial charge < -0.3 is 18.9 Å². The average Bonchev–Trinajstić information content (AvgIpc) is 3.23. The number of aliphatic imine (C=N–C) groups is 2. The second-order valence-corrected chi connectivity index (χ2v) is 12.7. The largest absolute Gasteiger partial charge is 0.494 e. The van der Waals surface area contributed by atoms with Crippen LogP contribution in [-0.2, 0) is 6.42 Å². The molecule has 0 heterocycles. The van der Waals surface area contributed by atoms with Crippen LogP contribution in [-0.4, -0.2) is 37.6 Å². The molecule has 0 aliphatic heterocycles. The first kappa shape index (κ1) is 37.9. The third-order valence-electron chi connectivity index (χ3n) is 8.31. The molecule has 0 N–H and O–H groups in total. The molecule has 0 atom stereocenters. The Bertz CT molecular complexity index is 2030. The van der Waals surface area contributed by atoms with Gasteiger partial charge in [0.25, 0.3) is 0 Å². The molecule has 0 spiro atoms. The van der Waals surface area contributed by atoms with Crippen LogP contribution >= 0.6 is 0 Å². The molecule has 0 aromatic heterocycles. The molecule has 55 heavy (non-hydrogen) atoms. The number of rotatable bonds is 16. The number of benzene rings is 6. The van der Waals surface area contributed by atoms with Gasteiger partial charge in [0, 0.05) is 12.4 Å². The Morgan fingerprint density at radius 1 is 0.455 bits per heavy atom. The second-order valence-electron chi connectivity index (χ2n) is 12.7. The zero-order valence-electron chi connectivity index (χ0n) is 30.9. The summed E-state index contributed by atoms with van der Waals surface area (Å²) < 4.78 is 22.5. The fourth-order valence-electron chi connectivity index (χ4n) is 5.32. The van der Waals surface area contributed by atoms with Crippen molar-refractivity contribution in [3.8, 4) is 23.0 Å². The van der Waals surface area contributed by atoms with E-state index in [1.807, 2.05) is 72.8 Å². The van der Waals surface area contributed by atoms with Gasteiger partial charge in [0.05, 0.1) is 35.7 Å². The lowest BCUT2D eigenvalue weighted by atomic mass is 10.0. The van der Waals surface area contributed by atoms with E-state index in [4.69, 9.17) is 18.9 Å². The number of ether oxygens (including phenoxy) is 4. The van der Waals surface area contributed by atoms with Crippen molar-refractivity contribution < 1.29 is 28.5 Å². The van der Waals surface area contributed by atoms with Crippen LogP contribution in [0.15, 0.2) is 156 Å². The smallest absolute Gasteiger partial charge is 0.343 e. The summed E-state index contributed by atoms with van der Waals surface area (Å²) in [6.07, 6.45) is 6.12. The Labute approximate surface area is 321 Å². The Morgan fingerprint density at radius 2 is 0.800 bits per heavy atom. The minimum absolute atomic E-state index is 0.429. The summed E-state index contributed by atoms with van der Waals surface area (Å²) in [7, 11) is 0. The van der Waals surface area contributed by atoms with Crippen LogP contribution in [0.3, 0.4) is 0 Å². The van der Waals surface area contributed by atoms with E-state index >= 15 is 0 Å². The normalized spacial score (nSPS) is 11.1. The van der Waals surface area contributed by atoms with E-state index in [0.29, 0.717) is 42.3 Å². The Morgan fingerprint density at radius 3 is 1.15 bits per heavy atom. The van der Waals surface area contributed by atoms with Crippen LogP contribution in [0.4, 0.5) is 11.4 Å². The fraction of sp³-hybridized carbons (Fsp3) is 0.149. The Balaban J connectivity index is 0.945. The maximum absolute atomic E-state index is 12.8. The summed E-state index contributed by atoms with van der Waals surface area (Å²) in [5.41, 5.74) is 6.28. The molecule has 0 aliphatic rings. The summed E-state index contributed by atoms with van der Waals surface area (Å²) in [6.45, 7) is 5.52. The van der Waals surface area contributed by atoms with Gasteiger partial charge in [-0.05, 0) is 163 Å². The molecule has 0 bridgehead atoms. The van der Waals surface area contributed by atoms with Gasteiger partial charge in [0.2, 0.25) is 0 Å². The van der Waals surface area contributed by atoms with Crippen molar-refractivity contribution in [2.45, 2.75) is 33.1 Å². The minimum Gasteiger partial charge on any atom is -0.494 e. The Hall–Kier alpha value is -6.80. The van der Waals surface area contributed by atoms with Gasteiger partial charge in [-0.3, -0.25) is 9.98 Å². The highest BCUT2D eigenvalue weighted by atomic mass is 16.5. The van der Waals surface area contributed by atoms with Gasteiger partial charge in [0.15, 0.2) is 0 Å². The van der Waals surface area contributed by atoms with Crippen molar-refractivity contribution in [1.29, 1.82) is 0 Å². The maximum atomic E-state index is 12.8. The molecule has 0 unspecified atom stereocenters. The highest BCUT2D eigenvalue weighted by Crippen LogP contribution is 2.22. The molecule has 0 radical (unpaired) electrons. The standard InChI is InChI=1S/C47H42N2O6/c1-3-29-52-42-21-9-36(10-22-42)32-48-40-17-13-38(14-18-40)46(50)54-44-25-5-34(6-26-44)31-35-7-27-45(28-8-35)55-47(51)39-15-19-41(20-16-39)49-33-37-11-23-43(24-12-37)53-30-4-2/h5-28,32-33H,3-4,29-31H2,1-2H3. The van der Waals surface area contributed by atoms with Gasteiger partial charge in [-0.15, -0.1) is 0 Å². The van der Waals surface area contributed by atoms with Crippen molar-refractivity contribution in [1.82, 2.24) is 0 Å². The highest BCUT2D eigenvalue weighted by Gasteiger charge is 2.11. The number of hydrogen-bond donors (Lipinski definition) is 0. The van der Waals surface area contributed by atoms with Crippen LogP contribution in [0.2, 0.25) is 0 Å². The average molecular weight is 731 g/mol. The Kier molecular flexibility index (Phi) is 13.3. The topological polar surface area (TPSA) is 95.8 Å². The van der Waals surface area contributed by atoms with E-state index in [-0.39, 0.29) is 0 Å². The summed E-state index contributed by atoms with van der Waals surface area (Å²) >= 11 is 0. The van der Waals surface area contributed by atoms with Crippen molar-refractivity contribution in [2.24, 2.45) is 9.98 Å². The third kappa shape index (κ3) is 11.6. The summed E-state index contributed by atoms with van der Waals surface area (Å²) in [4.78, 5) is 34.6. The zero-order valence-corrected chi connectivity index (χ0v) is 30.9. The number of esters is 2. The van der Waals surface area contributed by atoms with Crippen LogP contribution < -0.4 is 18.9 Å². The quantitative estimate of drug-likeness (QED) is 0.0559. The molecule has 0 amide bonds. The molecular weight excluding hydrogens is 689 g/mol. The first-order valence-electron chi connectivity index (χ1n) is 18.3.